The Hall–Kier alpha value is 0.0900. The molecule has 0 aromatic rings. The highest BCUT2D eigenvalue weighted by atomic mass is 32.1. The molecule has 1 heterocycles. The number of hydrogen-bond donors (Lipinski definition) is 2. The summed E-state index contributed by atoms with van der Waals surface area (Å²) in [6, 6.07) is -0.316. The summed E-state index contributed by atoms with van der Waals surface area (Å²) < 4.78 is 0. The van der Waals surface area contributed by atoms with Crippen LogP contribution in [-0.4, -0.2) is 45.8 Å². The molecule has 86 valence electrons. The molecule has 0 aliphatic carbocycles. The molecule has 0 aromatic heterocycles. The number of likely N-dealkylation sites (tertiary alicyclic amines) is 1. The molecule has 1 rings (SSSR count). The van der Waals surface area contributed by atoms with Gasteiger partial charge in [-0.05, 0) is 13.8 Å². The van der Waals surface area contributed by atoms with Gasteiger partial charge >= 0.3 is 5.97 Å². The molecule has 1 saturated heterocycles. The van der Waals surface area contributed by atoms with Crippen LogP contribution in [0.3, 0.4) is 0 Å². The molecular weight excluding hydrogens is 222 g/mol. The predicted molar refractivity (Wildman–Crippen MR) is 64.7 cm³/mol. The van der Waals surface area contributed by atoms with Gasteiger partial charge in [0.15, 0.2) is 0 Å². The Labute approximate surface area is 98.2 Å². The molecule has 0 aromatic carbocycles. The largest absolute Gasteiger partial charge is 0.480 e. The highest BCUT2D eigenvalue weighted by molar-refractivity contribution is 7.59. The molecule has 2 atom stereocenters. The van der Waals surface area contributed by atoms with Crippen molar-refractivity contribution in [2.24, 2.45) is 0 Å². The molecule has 0 bridgehead atoms. The number of nitrogens with zero attached hydrogens (tertiary/aromatic N) is 1. The van der Waals surface area contributed by atoms with Crippen molar-refractivity contribution >= 4 is 33.0 Å². The summed E-state index contributed by atoms with van der Waals surface area (Å²) in [6.45, 7) is 4.36. The summed E-state index contributed by atoms with van der Waals surface area (Å²) in [5.41, 5.74) is 0. The van der Waals surface area contributed by atoms with Crippen LogP contribution in [0.1, 0.15) is 20.3 Å². The van der Waals surface area contributed by atoms with Gasteiger partial charge in [0.05, 0.1) is 6.10 Å². The van der Waals surface area contributed by atoms with E-state index < -0.39 is 18.1 Å². The van der Waals surface area contributed by atoms with Gasteiger partial charge in [-0.2, -0.15) is 27.0 Å². The van der Waals surface area contributed by atoms with Crippen LogP contribution in [-0.2, 0) is 4.79 Å². The van der Waals surface area contributed by atoms with Gasteiger partial charge < -0.3 is 10.2 Å². The summed E-state index contributed by atoms with van der Waals surface area (Å²) in [5.74, 6) is -0.833. The second-order valence-electron chi connectivity index (χ2n) is 3.53. The van der Waals surface area contributed by atoms with Gasteiger partial charge in [-0.1, -0.05) is 0 Å². The quantitative estimate of drug-likeness (QED) is 0.722. The van der Waals surface area contributed by atoms with E-state index in [-0.39, 0.29) is 33.0 Å². The summed E-state index contributed by atoms with van der Waals surface area (Å²) in [5, 5.41) is 18.1. The molecular formula is C8H19NO3S2. The summed E-state index contributed by atoms with van der Waals surface area (Å²) in [7, 11) is 0. The second-order valence-corrected chi connectivity index (χ2v) is 3.53. The first-order chi connectivity index (χ1) is 5.52. The number of aliphatic hydroxyl groups excluding tert-OH is 1. The number of hydrogen-bond acceptors (Lipinski definition) is 3. The highest BCUT2D eigenvalue weighted by Gasteiger charge is 2.36. The van der Waals surface area contributed by atoms with Gasteiger partial charge in [0.25, 0.3) is 0 Å². The molecule has 1 fully saturated rings. The zero-order valence-corrected chi connectivity index (χ0v) is 10.4. The smallest absolute Gasteiger partial charge is 0.321 e. The zero-order valence-electron chi connectivity index (χ0n) is 8.40. The van der Waals surface area contributed by atoms with Crippen molar-refractivity contribution in [2.75, 3.05) is 6.54 Å². The van der Waals surface area contributed by atoms with Gasteiger partial charge in [-0.25, -0.2) is 0 Å². The average molecular weight is 241 g/mol. The van der Waals surface area contributed by atoms with E-state index >= 15 is 0 Å². The summed E-state index contributed by atoms with van der Waals surface area (Å²) >= 11 is 0. The van der Waals surface area contributed by atoms with Gasteiger partial charge in [-0.15, -0.1) is 0 Å². The van der Waals surface area contributed by atoms with Crippen molar-refractivity contribution in [2.45, 2.75) is 38.5 Å². The predicted octanol–water partition coefficient (Wildman–Crippen LogP) is 0.140. The first-order valence-electron chi connectivity index (χ1n) is 4.19. The fourth-order valence-corrected chi connectivity index (χ4v) is 1.65. The van der Waals surface area contributed by atoms with Crippen molar-refractivity contribution in [3.05, 3.63) is 0 Å². The number of rotatable bonds is 2. The van der Waals surface area contributed by atoms with Crippen LogP contribution in [0.15, 0.2) is 0 Å². The van der Waals surface area contributed by atoms with Crippen LogP contribution in [0.5, 0.6) is 0 Å². The monoisotopic (exact) mass is 241 g/mol. The van der Waals surface area contributed by atoms with Crippen molar-refractivity contribution in [1.82, 2.24) is 4.90 Å². The van der Waals surface area contributed by atoms with E-state index in [0.717, 1.165) is 0 Å². The van der Waals surface area contributed by atoms with Crippen molar-refractivity contribution < 1.29 is 15.0 Å². The van der Waals surface area contributed by atoms with Gasteiger partial charge in [0.2, 0.25) is 0 Å². The summed E-state index contributed by atoms with van der Waals surface area (Å²) in [4.78, 5) is 12.5. The minimum absolute atomic E-state index is 0. The Balaban J connectivity index is 0. The topological polar surface area (TPSA) is 60.8 Å². The van der Waals surface area contributed by atoms with Gasteiger partial charge in [0, 0.05) is 19.0 Å². The van der Waals surface area contributed by atoms with Crippen molar-refractivity contribution in [1.29, 1.82) is 0 Å². The van der Waals surface area contributed by atoms with Crippen LogP contribution in [0.4, 0.5) is 0 Å². The fraction of sp³-hybridized carbons (Fsp3) is 0.875. The standard InChI is InChI=1S/C8H15NO3.2H2S/c1-5(2)9-4-6(10)3-7(9)8(11)12;;/h5-7,10H,3-4H2,1-2H3,(H,11,12);2*1H2/t6-,7-;;/m0../s1. The minimum atomic E-state index is -0.833. The van der Waals surface area contributed by atoms with Crippen LogP contribution >= 0.6 is 27.0 Å². The number of β-amino-alcohol motifs (C(OH)–C–C–N with tert-alkyl or cyclic N) is 1. The van der Waals surface area contributed by atoms with Gasteiger partial charge in [-0.3, -0.25) is 9.69 Å². The number of aliphatic carboxylic acids is 1. The Morgan fingerprint density at radius 1 is 1.43 bits per heavy atom. The third-order valence-electron chi connectivity index (χ3n) is 2.27. The SMILES string of the molecule is CC(C)N1C[C@@H](O)C[C@H]1C(=O)O.S.S. The molecule has 6 heteroatoms. The lowest BCUT2D eigenvalue weighted by molar-refractivity contribution is -0.142. The third kappa shape index (κ3) is 3.68. The molecule has 0 unspecified atom stereocenters. The van der Waals surface area contributed by atoms with Crippen LogP contribution in [0, 0.1) is 0 Å². The zero-order chi connectivity index (χ0) is 9.30. The molecule has 0 amide bonds. The van der Waals surface area contributed by atoms with E-state index in [0.29, 0.717) is 13.0 Å². The molecule has 0 spiro atoms. The lowest BCUT2D eigenvalue weighted by Crippen LogP contribution is -2.40. The van der Waals surface area contributed by atoms with E-state index in [4.69, 9.17) is 5.11 Å². The number of aliphatic hydroxyl groups is 1. The van der Waals surface area contributed by atoms with Gasteiger partial charge in [0.1, 0.15) is 6.04 Å². The third-order valence-corrected chi connectivity index (χ3v) is 2.27. The van der Waals surface area contributed by atoms with E-state index in [9.17, 15) is 9.90 Å². The minimum Gasteiger partial charge on any atom is -0.480 e. The fourth-order valence-electron chi connectivity index (χ4n) is 1.65. The van der Waals surface area contributed by atoms with Crippen LogP contribution in [0.2, 0.25) is 0 Å². The van der Waals surface area contributed by atoms with Crippen molar-refractivity contribution in [3.8, 4) is 0 Å². The highest BCUT2D eigenvalue weighted by Crippen LogP contribution is 2.20. The summed E-state index contributed by atoms with van der Waals surface area (Å²) in [6.07, 6.45) is -0.124. The van der Waals surface area contributed by atoms with E-state index in [1.165, 1.54) is 0 Å². The molecule has 1 aliphatic heterocycles. The van der Waals surface area contributed by atoms with Crippen LogP contribution in [0.25, 0.3) is 0 Å². The normalized spacial score (nSPS) is 26.9. The maximum absolute atomic E-state index is 10.7. The Morgan fingerprint density at radius 3 is 2.21 bits per heavy atom. The lowest BCUT2D eigenvalue weighted by atomic mass is 10.2. The Kier molecular flexibility index (Phi) is 7.73. The number of carbonyl (C=O) groups is 1. The van der Waals surface area contributed by atoms with E-state index in [1.54, 1.807) is 0 Å². The molecule has 0 saturated carbocycles. The van der Waals surface area contributed by atoms with E-state index in [1.807, 2.05) is 18.7 Å². The first-order valence-corrected chi connectivity index (χ1v) is 4.19. The maximum Gasteiger partial charge on any atom is 0.321 e. The van der Waals surface area contributed by atoms with E-state index in [2.05, 4.69) is 0 Å². The second kappa shape index (κ2) is 6.55. The molecule has 2 N–H and O–H groups in total. The maximum atomic E-state index is 10.7. The number of carboxylic acid groups (broad SMARTS) is 1. The lowest BCUT2D eigenvalue weighted by Gasteiger charge is -2.24. The van der Waals surface area contributed by atoms with Crippen molar-refractivity contribution in [3.63, 3.8) is 0 Å². The molecule has 14 heavy (non-hydrogen) atoms. The molecule has 4 nitrogen and oxygen atoms in total. The Bertz CT molecular complexity index is 189. The number of carboxylic acids is 1. The first kappa shape index (κ1) is 16.5. The molecule has 1 aliphatic rings. The average Bonchev–Trinajstić information content (AvgIpc) is 2.31. The molecule has 0 radical (unpaired) electrons. The van der Waals surface area contributed by atoms with Crippen LogP contribution < -0.4 is 0 Å². The Morgan fingerprint density at radius 2 is 1.93 bits per heavy atom.